The lowest BCUT2D eigenvalue weighted by molar-refractivity contribution is -0.106. The monoisotopic (exact) mass is 169 g/mol. The highest BCUT2D eigenvalue weighted by atomic mass is 16.3. The number of aryl methyl sites for hydroxylation is 2. The third-order valence-electron chi connectivity index (χ3n) is 1.54. The van der Waals surface area contributed by atoms with Crippen molar-refractivity contribution >= 4 is 6.41 Å². The van der Waals surface area contributed by atoms with E-state index < -0.39 is 0 Å². The van der Waals surface area contributed by atoms with Gasteiger partial charge in [-0.25, -0.2) is 0 Å². The second-order valence-corrected chi connectivity index (χ2v) is 2.21. The van der Waals surface area contributed by atoms with Crippen molar-refractivity contribution < 1.29 is 9.21 Å². The summed E-state index contributed by atoms with van der Waals surface area (Å²) in [4.78, 5) is 8.58. The van der Waals surface area contributed by atoms with Crippen LogP contribution >= 0.6 is 0 Å². The minimum atomic E-state index is 0.250. The molecule has 0 aliphatic carbocycles. The predicted molar refractivity (Wildman–Crippen MR) is 47.7 cm³/mol. The smallest absolute Gasteiger partial charge is 0.204 e. The summed E-state index contributed by atoms with van der Waals surface area (Å²) in [6.45, 7) is 4.25. The van der Waals surface area contributed by atoms with Crippen LogP contribution in [0.2, 0.25) is 0 Å². The molecule has 0 radical (unpaired) electrons. The van der Waals surface area contributed by atoms with E-state index in [4.69, 9.17) is 9.21 Å². The van der Waals surface area contributed by atoms with E-state index in [9.17, 15) is 0 Å². The lowest BCUT2D eigenvalue weighted by Crippen LogP contribution is -1.82. The Bertz CT molecular complexity index is 200. The maximum absolute atomic E-state index is 8.58. The van der Waals surface area contributed by atoms with Gasteiger partial charge in [0.05, 0.1) is 6.26 Å². The van der Waals surface area contributed by atoms with Crippen LogP contribution in [-0.4, -0.2) is 6.41 Å². The van der Waals surface area contributed by atoms with E-state index in [1.807, 2.05) is 6.07 Å². The van der Waals surface area contributed by atoms with Crippen molar-refractivity contribution in [2.75, 3.05) is 0 Å². The summed E-state index contributed by atoms with van der Waals surface area (Å²) in [6, 6.07) is 2.04. The largest absolute Gasteiger partial charge is 0.469 e. The highest BCUT2D eigenvalue weighted by Gasteiger charge is 1.98. The molecule has 0 unspecified atom stereocenters. The maximum Gasteiger partial charge on any atom is 0.204 e. The van der Waals surface area contributed by atoms with Gasteiger partial charge in [0, 0.05) is 6.42 Å². The van der Waals surface area contributed by atoms with Gasteiger partial charge in [0.1, 0.15) is 5.76 Å². The summed E-state index contributed by atoms with van der Waals surface area (Å²) in [5.74, 6) is 1.14. The second-order valence-electron chi connectivity index (χ2n) is 2.21. The zero-order valence-electron chi connectivity index (χ0n) is 7.54. The molecule has 1 rings (SSSR count). The van der Waals surface area contributed by atoms with E-state index in [-0.39, 0.29) is 6.41 Å². The van der Waals surface area contributed by atoms with Gasteiger partial charge in [0.15, 0.2) is 0 Å². The van der Waals surface area contributed by atoms with Crippen molar-refractivity contribution in [2.45, 2.75) is 26.7 Å². The zero-order valence-corrected chi connectivity index (χ0v) is 7.54. The maximum atomic E-state index is 8.58. The number of hydrogen-bond acceptors (Lipinski definition) is 2. The third-order valence-corrected chi connectivity index (χ3v) is 1.54. The average Bonchev–Trinajstić information content (AvgIpc) is 2.52. The van der Waals surface area contributed by atoms with Gasteiger partial charge in [0.25, 0.3) is 0 Å². The Kier molecular flexibility index (Phi) is 5.79. The number of nitrogens with two attached hydrogens (primary N) is 1. The first-order valence-electron chi connectivity index (χ1n) is 4.00. The molecule has 3 heteroatoms. The van der Waals surface area contributed by atoms with Crippen LogP contribution in [-0.2, 0) is 17.6 Å². The van der Waals surface area contributed by atoms with Crippen LogP contribution in [0.25, 0.3) is 0 Å². The first-order valence-corrected chi connectivity index (χ1v) is 4.00. The van der Waals surface area contributed by atoms with Crippen molar-refractivity contribution in [1.82, 2.24) is 0 Å². The van der Waals surface area contributed by atoms with Gasteiger partial charge in [0.2, 0.25) is 6.41 Å². The summed E-state index contributed by atoms with van der Waals surface area (Å²) in [6.07, 6.45) is 4.10. The minimum absolute atomic E-state index is 0.250. The van der Waals surface area contributed by atoms with Gasteiger partial charge in [-0.1, -0.05) is 13.8 Å². The topological polar surface area (TPSA) is 56.2 Å². The molecule has 3 nitrogen and oxygen atoms in total. The lowest BCUT2D eigenvalue weighted by Gasteiger charge is -1.91. The minimum Gasteiger partial charge on any atom is -0.469 e. The molecule has 0 aromatic carbocycles. The first-order chi connectivity index (χ1) is 5.79. The number of furan rings is 1. The molecule has 1 aromatic rings. The number of amides is 1. The molecule has 0 aliphatic rings. The zero-order chi connectivity index (χ0) is 9.40. The van der Waals surface area contributed by atoms with Crippen molar-refractivity contribution in [3.05, 3.63) is 23.7 Å². The molecule has 0 aliphatic heterocycles. The molecule has 68 valence electrons. The molecule has 0 fully saturated rings. The highest BCUT2D eigenvalue weighted by Crippen LogP contribution is 2.10. The van der Waals surface area contributed by atoms with Crippen LogP contribution in [0, 0.1) is 0 Å². The van der Waals surface area contributed by atoms with Crippen LogP contribution < -0.4 is 5.73 Å². The Labute approximate surface area is 72.6 Å². The fraction of sp³-hybridized carbons (Fsp3) is 0.444. The lowest BCUT2D eigenvalue weighted by atomic mass is 10.2. The fourth-order valence-corrected chi connectivity index (χ4v) is 0.992. The number of primary amides is 1. The highest BCUT2D eigenvalue weighted by molar-refractivity contribution is 5.42. The number of hydrogen-bond donors (Lipinski definition) is 1. The molecule has 2 N–H and O–H groups in total. The number of carbonyl (C=O) groups excluding carboxylic acids is 1. The van der Waals surface area contributed by atoms with E-state index in [1.165, 1.54) is 5.56 Å². The number of carbonyl (C=O) groups is 1. The molecule has 0 saturated heterocycles. The Morgan fingerprint density at radius 3 is 2.42 bits per heavy atom. The Morgan fingerprint density at radius 2 is 2.08 bits per heavy atom. The van der Waals surface area contributed by atoms with E-state index >= 15 is 0 Å². The average molecular weight is 169 g/mol. The molecular weight excluding hydrogens is 154 g/mol. The van der Waals surface area contributed by atoms with Crippen LogP contribution in [0.4, 0.5) is 0 Å². The predicted octanol–water partition coefficient (Wildman–Crippen LogP) is 1.51. The molecule has 1 heterocycles. The summed E-state index contributed by atoms with van der Waals surface area (Å²) in [7, 11) is 0. The van der Waals surface area contributed by atoms with E-state index in [1.54, 1.807) is 6.26 Å². The van der Waals surface area contributed by atoms with Crippen molar-refractivity contribution in [3.63, 3.8) is 0 Å². The van der Waals surface area contributed by atoms with Crippen molar-refractivity contribution in [1.29, 1.82) is 0 Å². The van der Waals surface area contributed by atoms with Crippen LogP contribution in [0.15, 0.2) is 16.7 Å². The van der Waals surface area contributed by atoms with Crippen LogP contribution in [0.1, 0.15) is 25.2 Å². The summed E-state index contributed by atoms with van der Waals surface area (Å²) in [5.41, 5.74) is 5.51. The quantitative estimate of drug-likeness (QED) is 0.682. The summed E-state index contributed by atoms with van der Waals surface area (Å²) >= 11 is 0. The molecule has 1 amide bonds. The van der Waals surface area contributed by atoms with Crippen molar-refractivity contribution in [2.24, 2.45) is 5.73 Å². The Morgan fingerprint density at radius 1 is 1.50 bits per heavy atom. The van der Waals surface area contributed by atoms with Crippen LogP contribution in [0.3, 0.4) is 0 Å². The van der Waals surface area contributed by atoms with Gasteiger partial charge >= 0.3 is 0 Å². The first kappa shape index (κ1) is 10.8. The molecule has 0 saturated carbocycles. The van der Waals surface area contributed by atoms with Gasteiger partial charge in [-0.3, -0.25) is 4.79 Å². The Hall–Kier alpha value is -1.25. The standard InChI is InChI=1S/C8H12O.CH3NO/c1-3-7-5-6-9-8(7)4-2;2-1-3/h5-6H,3-4H2,1-2H3;1H,(H2,2,3). The fourth-order valence-electron chi connectivity index (χ4n) is 0.992. The van der Waals surface area contributed by atoms with E-state index in [2.05, 4.69) is 19.6 Å². The third kappa shape index (κ3) is 3.23. The summed E-state index contributed by atoms with van der Waals surface area (Å²) < 4.78 is 5.20. The van der Waals surface area contributed by atoms with E-state index in [0.717, 1.165) is 18.6 Å². The molecule has 0 spiro atoms. The van der Waals surface area contributed by atoms with Crippen LogP contribution in [0.5, 0.6) is 0 Å². The van der Waals surface area contributed by atoms with Gasteiger partial charge in [-0.2, -0.15) is 0 Å². The number of rotatable bonds is 2. The molecule has 0 bridgehead atoms. The molecule has 0 atom stereocenters. The molecule has 1 aromatic heterocycles. The van der Waals surface area contributed by atoms with Crippen molar-refractivity contribution in [3.8, 4) is 0 Å². The second kappa shape index (κ2) is 6.46. The normalized spacial score (nSPS) is 8.50. The van der Waals surface area contributed by atoms with Gasteiger partial charge in [-0.05, 0) is 18.1 Å². The SMILES string of the molecule is CCc1ccoc1CC.NC=O. The Balaban J connectivity index is 0.000000354. The van der Waals surface area contributed by atoms with Gasteiger partial charge < -0.3 is 10.2 Å². The summed E-state index contributed by atoms with van der Waals surface area (Å²) in [5, 5.41) is 0. The molecule has 12 heavy (non-hydrogen) atoms. The molecular formula is C9H15NO2. The van der Waals surface area contributed by atoms with Gasteiger partial charge in [-0.15, -0.1) is 0 Å². The van der Waals surface area contributed by atoms with E-state index in [0.29, 0.717) is 0 Å².